The summed E-state index contributed by atoms with van der Waals surface area (Å²) in [6, 6.07) is -0.589. The van der Waals surface area contributed by atoms with Crippen molar-refractivity contribution in [1.82, 2.24) is 21.3 Å². The number of nitrogens with one attached hydrogen (secondary N) is 4. The van der Waals surface area contributed by atoms with Crippen LogP contribution in [0.4, 0.5) is 0 Å². The number of hydrogen-bond donors (Lipinski definition) is 4. The minimum atomic E-state index is -0.521. The summed E-state index contributed by atoms with van der Waals surface area (Å²) in [7, 11) is 0. The molecule has 16 heteroatoms. The maximum Gasteiger partial charge on any atom is 0.245 e. The molecule has 0 bridgehead atoms. The van der Waals surface area contributed by atoms with Crippen molar-refractivity contribution in [3.8, 4) is 0 Å². The molecule has 0 rings (SSSR count). The fourth-order valence-corrected chi connectivity index (χ4v) is 5.05. The van der Waals surface area contributed by atoms with Crippen molar-refractivity contribution in [2.24, 2.45) is 0 Å². The van der Waals surface area contributed by atoms with Crippen LogP contribution in [0.1, 0.15) is 106 Å². The first kappa shape index (κ1) is 58.7. The highest BCUT2D eigenvalue weighted by Crippen LogP contribution is 2.07. The number of carbonyl (C=O) groups excluding carboxylic acids is 3. The molecule has 0 aliphatic rings. The Balaban J connectivity index is 0. The SMILES string of the molecule is C=C(COCCOCCOCC)NC(CCCCNC(=O)COCCOCCOCC)C(=O)NC(C)CCCCNC(=O)COCCOCCOCC.CCCCCC. The Morgan fingerprint density at radius 1 is 0.458 bits per heavy atom. The fraction of sp³-hybridized carbons (Fsp3) is 0.884. The van der Waals surface area contributed by atoms with Gasteiger partial charge in [0.25, 0.3) is 0 Å². The summed E-state index contributed by atoms with van der Waals surface area (Å²) in [6.45, 7) is 24.8. The summed E-state index contributed by atoms with van der Waals surface area (Å²) in [5.74, 6) is -0.502. The molecule has 0 aliphatic heterocycles. The lowest BCUT2D eigenvalue weighted by molar-refractivity contribution is -0.127. The standard InChI is InChI=1S/C37H72N4O12.C6H14/c1-6-45-17-20-48-23-26-51-29-33(5)40-34(14-10-12-16-39-36(43)31-53-28-25-50-22-19-47-8-3)37(44)41-32(4)13-9-11-15-38-35(42)30-52-27-24-49-21-18-46-7-2;1-3-5-6-4-2/h32,34,40H,5-31H2,1-4H3,(H,38,42)(H,39,43)(H,41,44);3-6H2,1-2H3. The zero-order chi connectivity index (χ0) is 43.9. The van der Waals surface area contributed by atoms with Crippen LogP contribution in [0, 0.1) is 0 Å². The molecule has 2 unspecified atom stereocenters. The first-order chi connectivity index (χ1) is 28.7. The molecule has 59 heavy (non-hydrogen) atoms. The highest BCUT2D eigenvalue weighted by molar-refractivity contribution is 5.82. The summed E-state index contributed by atoms with van der Waals surface area (Å²) in [5, 5.41) is 12.0. The molecule has 0 aromatic carbocycles. The molecule has 0 spiro atoms. The Morgan fingerprint density at radius 3 is 1.24 bits per heavy atom. The molecule has 4 N–H and O–H groups in total. The van der Waals surface area contributed by atoms with E-state index in [2.05, 4.69) is 41.7 Å². The largest absolute Gasteiger partial charge is 0.379 e. The summed E-state index contributed by atoms with van der Waals surface area (Å²) in [4.78, 5) is 37.4. The predicted octanol–water partition coefficient (Wildman–Crippen LogP) is 4.33. The topological polar surface area (TPSA) is 182 Å². The first-order valence-electron chi connectivity index (χ1n) is 22.2. The van der Waals surface area contributed by atoms with E-state index >= 15 is 0 Å². The molecule has 0 saturated heterocycles. The molecule has 0 aliphatic carbocycles. The van der Waals surface area contributed by atoms with Gasteiger partial charge >= 0.3 is 0 Å². The van der Waals surface area contributed by atoms with Gasteiger partial charge in [0.2, 0.25) is 17.7 Å². The van der Waals surface area contributed by atoms with Gasteiger partial charge in [-0.1, -0.05) is 46.1 Å². The summed E-state index contributed by atoms with van der Waals surface area (Å²) < 4.78 is 48.2. The maximum atomic E-state index is 13.3. The number of unbranched alkanes of at least 4 members (excludes halogenated alkanes) is 5. The van der Waals surface area contributed by atoms with E-state index in [9.17, 15) is 14.4 Å². The van der Waals surface area contributed by atoms with Gasteiger partial charge in [0.05, 0.1) is 85.9 Å². The highest BCUT2D eigenvalue weighted by Gasteiger charge is 2.20. The van der Waals surface area contributed by atoms with Gasteiger partial charge in [-0.2, -0.15) is 0 Å². The van der Waals surface area contributed by atoms with Crippen LogP contribution in [0.15, 0.2) is 12.3 Å². The van der Waals surface area contributed by atoms with E-state index < -0.39 is 6.04 Å². The van der Waals surface area contributed by atoms with Crippen LogP contribution in [0.5, 0.6) is 0 Å². The third-order valence-corrected chi connectivity index (χ3v) is 8.26. The molecule has 3 amide bonds. The Hall–Kier alpha value is -2.41. The Bertz CT molecular complexity index is 946. The third-order valence-electron chi connectivity index (χ3n) is 8.26. The summed E-state index contributed by atoms with van der Waals surface area (Å²) in [6.07, 6.45) is 9.81. The average Bonchev–Trinajstić information content (AvgIpc) is 3.22. The van der Waals surface area contributed by atoms with Crippen molar-refractivity contribution >= 4 is 17.7 Å². The lowest BCUT2D eigenvalue weighted by atomic mass is 10.1. The second kappa shape index (κ2) is 48.3. The maximum absolute atomic E-state index is 13.3. The first-order valence-corrected chi connectivity index (χ1v) is 22.2. The van der Waals surface area contributed by atoms with Crippen molar-refractivity contribution in [3.05, 3.63) is 12.3 Å². The van der Waals surface area contributed by atoms with Crippen LogP contribution in [-0.4, -0.2) is 162 Å². The van der Waals surface area contributed by atoms with Crippen molar-refractivity contribution < 1.29 is 57.0 Å². The van der Waals surface area contributed by atoms with Crippen LogP contribution >= 0.6 is 0 Å². The zero-order valence-corrected chi connectivity index (χ0v) is 38.0. The monoisotopic (exact) mass is 851 g/mol. The molecule has 0 radical (unpaired) electrons. The minimum absolute atomic E-state index is 0.0129. The predicted molar refractivity (Wildman–Crippen MR) is 232 cm³/mol. The lowest BCUT2D eigenvalue weighted by Gasteiger charge is -2.23. The number of carbonyl (C=O) groups is 3. The van der Waals surface area contributed by atoms with E-state index in [1.54, 1.807) is 0 Å². The van der Waals surface area contributed by atoms with E-state index in [0.717, 1.165) is 19.3 Å². The average molecular weight is 851 g/mol. The van der Waals surface area contributed by atoms with Gasteiger partial charge in [0.1, 0.15) is 19.3 Å². The minimum Gasteiger partial charge on any atom is -0.379 e. The molecule has 0 heterocycles. The quantitative estimate of drug-likeness (QED) is 0.0637. The van der Waals surface area contributed by atoms with Gasteiger partial charge in [-0.3, -0.25) is 14.4 Å². The van der Waals surface area contributed by atoms with Crippen LogP contribution in [0.3, 0.4) is 0 Å². The van der Waals surface area contributed by atoms with Crippen molar-refractivity contribution in [3.63, 3.8) is 0 Å². The molecular formula is C43H86N4O12. The van der Waals surface area contributed by atoms with E-state index in [0.29, 0.717) is 137 Å². The van der Waals surface area contributed by atoms with Crippen LogP contribution < -0.4 is 21.3 Å². The molecule has 2 atom stereocenters. The van der Waals surface area contributed by atoms with Gasteiger partial charge in [-0.05, 0) is 66.2 Å². The fourth-order valence-electron chi connectivity index (χ4n) is 5.05. The third kappa shape index (κ3) is 46.5. The van der Waals surface area contributed by atoms with Crippen LogP contribution in [0.2, 0.25) is 0 Å². The number of ether oxygens (including phenoxy) is 9. The lowest BCUT2D eigenvalue weighted by Crippen LogP contribution is -2.47. The molecule has 350 valence electrons. The van der Waals surface area contributed by atoms with Crippen LogP contribution in [-0.2, 0) is 57.0 Å². The normalized spacial score (nSPS) is 12.0. The van der Waals surface area contributed by atoms with Gasteiger partial charge in [-0.25, -0.2) is 0 Å². The van der Waals surface area contributed by atoms with E-state index in [4.69, 9.17) is 42.6 Å². The highest BCUT2D eigenvalue weighted by atomic mass is 16.6. The molecule has 0 aromatic heterocycles. The van der Waals surface area contributed by atoms with Gasteiger partial charge in [0.15, 0.2) is 0 Å². The van der Waals surface area contributed by atoms with Gasteiger partial charge in [0, 0.05) is 44.6 Å². The molecule has 0 saturated carbocycles. The van der Waals surface area contributed by atoms with E-state index in [1.165, 1.54) is 25.7 Å². The second-order valence-corrected chi connectivity index (χ2v) is 13.7. The molecule has 0 aromatic rings. The molecular weight excluding hydrogens is 764 g/mol. The number of hydrogen-bond acceptors (Lipinski definition) is 13. The molecule has 16 nitrogen and oxygen atoms in total. The van der Waals surface area contributed by atoms with Crippen molar-refractivity contribution in [1.29, 1.82) is 0 Å². The summed E-state index contributed by atoms with van der Waals surface area (Å²) >= 11 is 0. The smallest absolute Gasteiger partial charge is 0.245 e. The number of amides is 3. The zero-order valence-electron chi connectivity index (χ0n) is 38.0. The summed E-state index contributed by atoms with van der Waals surface area (Å²) in [5.41, 5.74) is 0.591. The number of rotatable bonds is 44. The van der Waals surface area contributed by atoms with E-state index in [-0.39, 0.29) is 43.6 Å². The Labute approximate surface area is 357 Å². The molecule has 0 fully saturated rings. The Morgan fingerprint density at radius 2 is 0.831 bits per heavy atom. The Kier molecular flexibility index (Phi) is 48.0. The van der Waals surface area contributed by atoms with Crippen LogP contribution in [0.25, 0.3) is 0 Å². The van der Waals surface area contributed by atoms with Crippen molar-refractivity contribution in [2.75, 3.05) is 132 Å². The van der Waals surface area contributed by atoms with Gasteiger partial charge in [-0.15, -0.1) is 0 Å². The second-order valence-electron chi connectivity index (χ2n) is 13.7. The van der Waals surface area contributed by atoms with E-state index in [1.807, 2.05) is 27.7 Å². The van der Waals surface area contributed by atoms with Crippen molar-refractivity contribution in [2.45, 2.75) is 118 Å². The van der Waals surface area contributed by atoms with Gasteiger partial charge < -0.3 is 63.9 Å².